The Labute approximate surface area is 567 Å². The fourth-order valence-corrected chi connectivity index (χ4v) is 15.4. The minimum absolute atomic E-state index is 1.16. The lowest BCUT2D eigenvalue weighted by Crippen LogP contribution is -1.94. The maximum absolute atomic E-state index is 2.40. The van der Waals surface area contributed by atoms with Crippen molar-refractivity contribution in [3.05, 3.63) is 376 Å². The van der Waals surface area contributed by atoms with E-state index in [1.807, 2.05) is 0 Å². The maximum Gasteiger partial charge on any atom is 0.0541 e. The number of aromatic nitrogens is 4. The van der Waals surface area contributed by atoms with Crippen LogP contribution in [0.25, 0.3) is 176 Å². The first-order valence-corrected chi connectivity index (χ1v) is 33.7. The van der Waals surface area contributed by atoms with Gasteiger partial charge in [0.25, 0.3) is 0 Å². The van der Waals surface area contributed by atoms with E-state index in [1.54, 1.807) is 0 Å². The van der Waals surface area contributed by atoms with Crippen molar-refractivity contribution >= 4 is 98.0 Å². The fourth-order valence-electron chi connectivity index (χ4n) is 15.4. The van der Waals surface area contributed by atoms with Crippen molar-refractivity contribution in [3.8, 4) is 78.4 Å². The summed E-state index contributed by atoms with van der Waals surface area (Å²) in [5.74, 6) is 0. The lowest BCUT2D eigenvalue weighted by molar-refractivity contribution is 1.18. The predicted octanol–water partition coefficient (Wildman–Crippen LogP) is 25.2. The van der Waals surface area contributed by atoms with E-state index in [4.69, 9.17) is 0 Å². The third kappa shape index (κ3) is 9.60. The molecule has 0 N–H and O–H groups in total. The molecule has 0 saturated heterocycles. The maximum atomic E-state index is 2.40. The van der Waals surface area contributed by atoms with Crippen molar-refractivity contribution in [2.75, 3.05) is 0 Å². The second kappa shape index (κ2) is 23.5. The van der Waals surface area contributed by atoms with E-state index in [-0.39, 0.29) is 0 Å². The van der Waals surface area contributed by atoms with E-state index in [1.165, 1.54) is 159 Å². The SMILES string of the molecule is c1ccc(-c2ccc(-n3c4ccccc4c4cc(-c5ccc6c(c5)c5ccccc5n6-c5ccc6ccccc6c5)ccc43)cc2)cc1.c1ccc(-c2ccc(-n3c4ccccc4c4cc(-c5ccc6c(c5)c5ccccc5n6-c5cccc(-c6ccccc6)c5)ccc43)cc2)cc1. The molecular weight excluding hydrogens is 1190 g/mol. The summed E-state index contributed by atoms with van der Waals surface area (Å²) in [4.78, 5) is 0. The van der Waals surface area contributed by atoms with Crippen molar-refractivity contribution in [1.82, 2.24) is 18.3 Å². The minimum Gasteiger partial charge on any atom is -0.309 e. The Morgan fingerprint density at radius 1 is 0.122 bits per heavy atom. The van der Waals surface area contributed by atoms with Crippen LogP contribution >= 0.6 is 0 Å². The number of benzene rings is 16. The minimum atomic E-state index is 1.16. The number of fused-ring (bicyclic) bond motifs is 13. The van der Waals surface area contributed by atoms with Gasteiger partial charge in [-0.1, -0.05) is 255 Å². The number of hydrogen-bond donors (Lipinski definition) is 0. The average Bonchev–Trinajstić information content (AvgIpc) is 1.60. The van der Waals surface area contributed by atoms with E-state index >= 15 is 0 Å². The summed E-state index contributed by atoms with van der Waals surface area (Å²) in [5, 5.41) is 12.6. The summed E-state index contributed by atoms with van der Waals surface area (Å²) in [6.45, 7) is 0. The molecule has 0 bridgehead atoms. The molecule has 4 heteroatoms. The molecule has 20 aromatic rings. The first-order valence-electron chi connectivity index (χ1n) is 33.7. The van der Waals surface area contributed by atoms with Crippen molar-refractivity contribution in [1.29, 1.82) is 0 Å². The van der Waals surface area contributed by atoms with Gasteiger partial charge in [0.15, 0.2) is 0 Å². The quantitative estimate of drug-likeness (QED) is 0.137. The molecule has 4 aromatic heterocycles. The molecule has 98 heavy (non-hydrogen) atoms. The zero-order chi connectivity index (χ0) is 64.6. The molecule has 0 unspecified atom stereocenters. The Bertz CT molecular complexity index is 6450. The molecule has 16 aromatic carbocycles. The van der Waals surface area contributed by atoms with E-state index in [0.29, 0.717) is 0 Å². The van der Waals surface area contributed by atoms with Crippen LogP contribution in [0.5, 0.6) is 0 Å². The third-order valence-electron chi connectivity index (χ3n) is 20.0. The fraction of sp³-hybridized carbons (Fsp3) is 0. The lowest BCUT2D eigenvalue weighted by atomic mass is 10.0. The van der Waals surface area contributed by atoms with Gasteiger partial charge in [-0.2, -0.15) is 0 Å². The molecule has 20 rings (SSSR count). The van der Waals surface area contributed by atoms with Gasteiger partial charge in [-0.25, -0.2) is 0 Å². The average molecular weight is 1250 g/mol. The van der Waals surface area contributed by atoms with Crippen LogP contribution in [0.3, 0.4) is 0 Å². The van der Waals surface area contributed by atoms with Gasteiger partial charge in [-0.15, -0.1) is 0 Å². The molecule has 0 fully saturated rings. The van der Waals surface area contributed by atoms with E-state index in [2.05, 4.69) is 394 Å². The van der Waals surface area contributed by atoms with Crippen LogP contribution in [0, 0.1) is 0 Å². The van der Waals surface area contributed by atoms with Crippen molar-refractivity contribution in [2.24, 2.45) is 0 Å². The number of nitrogens with zero attached hydrogens (tertiary/aromatic N) is 4. The molecule has 0 aliphatic rings. The molecule has 4 heterocycles. The van der Waals surface area contributed by atoms with Gasteiger partial charge in [0.1, 0.15) is 0 Å². The molecule has 0 aliphatic carbocycles. The standard InChI is InChI=1S/C48H32N2.C46H30N2/c1-3-12-33(13-4-1)35-22-26-39(27-23-35)49-45-20-9-7-18-41(45)43-31-37(24-28-47(43)49)38-25-29-48-44(32-38)42-19-8-10-21-46(42)50(48)40-17-11-16-36(30-40)34-14-5-2-6-15-34;1-2-10-31(11-3-1)33-18-23-37(24-19-33)47-43-16-8-6-14-39(43)41-29-35(21-26-45(41)47)36-22-27-46-42(30-36)40-15-7-9-17-44(40)48(46)38-25-20-32-12-4-5-13-34(32)28-38/h1-32H;1-30H. The van der Waals surface area contributed by atoms with Gasteiger partial charge in [-0.05, 0) is 188 Å². The molecule has 0 saturated carbocycles. The van der Waals surface area contributed by atoms with Gasteiger partial charge in [0.2, 0.25) is 0 Å². The Morgan fingerprint density at radius 2 is 0.378 bits per heavy atom. The van der Waals surface area contributed by atoms with Crippen LogP contribution in [-0.4, -0.2) is 18.3 Å². The normalized spacial score (nSPS) is 11.7. The van der Waals surface area contributed by atoms with Gasteiger partial charge in [0.05, 0.1) is 44.1 Å². The molecule has 0 aliphatic heterocycles. The highest BCUT2D eigenvalue weighted by Gasteiger charge is 2.20. The zero-order valence-electron chi connectivity index (χ0n) is 53.6. The first kappa shape index (κ1) is 56.5. The second-order valence-corrected chi connectivity index (χ2v) is 25.6. The van der Waals surface area contributed by atoms with Gasteiger partial charge < -0.3 is 18.3 Å². The highest BCUT2D eigenvalue weighted by atomic mass is 15.0. The number of para-hydroxylation sites is 4. The monoisotopic (exact) mass is 1250 g/mol. The third-order valence-corrected chi connectivity index (χ3v) is 20.0. The summed E-state index contributed by atoms with van der Waals surface area (Å²) in [6, 6.07) is 137. The van der Waals surface area contributed by atoms with Crippen LogP contribution in [0.1, 0.15) is 0 Å². The summed E-state index contributed by atoms with van der Waals surface area (Å²) in [5.41, 5.74) is 26.6. The van der Waals surface area contributed by atoms with E-state index in [0.717, 1.165) is 17.1 Å². The highest BCUT2D eigenvalue weighted by molar-refractivity contribution is 6.15. The second-order valence-electron chi connectivity index (χ2n) is 25.6. The molecule has 0 spiro atoms. The predicted molar refractivity (Wildman–Crippen MR) is 415 cm³/mol. The van der Waals surface area contributed by atoms with Gasteiger partial charge >= 0.3 is 0 Å². The van der Waals surface area contributed by atoms with E-state index < -0.39 is 0 Å². The van der Waals surface area contributed by atoms with Crippen molar-refractivity contribution in [2.45, 2.75) is 0 Å². The summed E-state index contributed by atoms with van der Waals surface area (Å²) in [6.07, 6.45) is 0. The number of rotatable bonds is 9. The molecule has 0 amide bonds. The summed E-state index contributed by atoms with van der Waals surface area (Å²) >= 11 is 0. The van der Waals surface area contributed by atoms with Gasteiger partial charge in [-0.3, -0.25) is 0 Å². The lowest BCUT2D eigenvalue weighted by Gasteiger charge is -2.11. The topological polar surface area (TPSA) is 19.7 Å². The molecule has 458 valence electrons. The smallest absolute Gasteiger partial charge is 0.0541 e. The Kier molecular flexibility index (Phi) is 13.5. The molecule has 4 nitrogen and oxygen atoms in total. The largest absolute Gasteiger partial charge is 0.309 e. The number of hydrogen-bond acceptors (Lipinski definition) is 0. The zero-order valence-corrected chi connectivity index (χ0v) is 53.6. The van der Waals surface area contributed by atoms with Crippen molar-refractivity contribution < 1.29 is 0 Å². The van der Waals surface area contributed by atoms with Gasteiger partial charge in [0, 0.05) is 65.8 Å². The van der Waals surface area contributed by atoms with Crippen LogP contribution in [0.2, 0.25) is 0 Å². The van der Waals surface area contributed by atoms with Crippen LogP contribution < -0.4 is 0 Å². The Morgan fingerprint density at radius 3 is 0.765 bits per heavy atom. The molecular formula is C94H62N4. The Balaban J connectivity index is 0.000000137. The molecule has 0 radical (unpaired) electrons. The van der Waals surface area contributed by atoms with Crippen LogP contribution in [-0.2, 0) is 0 Å². The summed E-state index contributed by atoms with van der Waals surface area (Å²) < 4.78 is 9.59. The Hall–Kier alpha value is -13.0. The van der Waals surface area contributed by atoms with Crippen molar-refractivity contribution in [3.63, 3.8) is 0 Å². The molecule has 0 atom stereocenters. The first-order chi connectivity index (χ1) is 48.6. The van der Waals surface area contributed by atoms with E-state index in [9.17, 15) is 0 Å². The van der Waals surface area contributed by atoms with Crippen LogP contribution in [0.4, 0.5) is 0 Å². The summed E-state index contributed by atoms with van der Waals surface area (Å²) in [7, 11) is 0. The van der Waals surface area contributed by atoms with Crippen LogP contribution in [0.15, 0.2) is 376 Å². The highest BCUT2D eigenvalue weighted by Crippen LogP contribution is 2.42.